The maximum atomic E-state index is 12.4. The molecule has 0 aromatic heterocycles. The smallest absolute Gasteiger partial charge is 0.269 e. The zero-order chi connectivity index (χ0) is 19.4. The molecule has 1 atom stereocenters. The predicted molar refractivity (Wildman–Crippen MR) is 101 cm³/mol. The van der Waals surface area contributed by atoms with Gasteiger partial charge in [0.1, 0.15) is 6.61 Å². The van der Waals surface area contributed by atoms with Crippen molar-refractivity contribution in [2.24, 2.45) is 5.92 Å². The van der Waals surface area contributed by atoms with E-state index in [-0.39, 0.29) is 23.3 Å². The Morgan fingerprint density at radius 1 is 1.11 bits per heavy atom. The standard InChI is InChI=1S/C19H22N2O5S/c1-13(2)11-20-27(23,24)15-9-7-14(8-10-15)21-19(22)18-12-25-16-5-3-4-6-17(16)26-18/h3-10,13,18,20H,11-12H2,1-2H3,(H,21,22). The lowest BCUT2D eigenvalue weighted by Crippen LogP contribution is -2.40. The summed E-state index contributed by atoms with van der Waals surface area (Å²) in [5.41, 5.74) is 0.477. The molecule has 1 heterocycles. The highest BCUT2D eigenvalue weighted by atomic mass is 32.2. The van der Waals surface area contributed by atoms with Gasteiger partial charge in [0.25, 0.3) is 5.91 Å². The lowest BCUT2D eigenvalue weighted by Gasteiger charge is -2.25. The van der Waals surface area contributed by atoms with Crippen molar-refractivity contribution < 1.29 is 22.7 Å². The first-order valence-electron chi connectivity index (χ1n) is 8.64. The summed E-state index contributed by atoms with van der Waals surface area (Å²) >= 11 is 0. The number of ether oxygens (including phenoxy) is 2. The van der Waals surface area contributed by atoms with Crippen LogP contribution >= 0.6 is 0 Å². The number of carbonyl (C=O) groups is 1. The van der Waals surface area contributed by atoms with Crippen LogP contribution in [0.25, 0.3) is 0 Å². The molecule has 1 aliphatic heterocycles. The van der Waals surface area contributed by atoms with Gasteiger partial charge in [0.15, 0.2) is 11.5 Å². The molecule has 0 fully saturated rings. The lowest BCUT2D eigenvalue weighted by atomic mass is 10.2. The van der Waals surface area contributed by atoms with Crippen LogP contribution in [0.3, 0.4) is 0 Å². The van der Waals surface area contributed by atoms with Crippen LogP contribution in [0, 0.1) is 5.92 Å². The average molecular weight is 390 g/mol. The van der Waals surface area contributed by atoms with Crippen LogP contribution in [0.5, 0.6) is 11.5 Å². The third kappa shape index (κ3) is 4.78. The molecule has 0 saturated heterocycles. The van der Waals surface area contributed by atoms with Gasteiger partial charge in [-0.25, -0.2) is 13.1 Å². The van der Waals surface area contributed by atoms with Crippen LogP contribution in [-0.2, 0) is 14.8 Å². The van der Waals surface area contributed by atoms with E-state index in [1.165, 1.54) is 12.1 Å². The molecule has 1 unspecified atom stereocenters. The molecule has 2 aromatic rings. The Morgan fingerprint density at radius 3 is 2.44 bits per heavy atom. The number of amides is 1. The number of benzene rings is 2. The second-order valence-electron chi connectivity index (χ2n) is 6.62. The number of para-hydroxylation sites is 2. The number of anilines is 1. The van der Waals surface area contributed by atoms with Gasteiger partial charge in [-0.3, -0.25) is 4.79 Å². The SMILES string of the molecule is CC(C)CNS(=O)(=O)c1ccc(NC(=O)C2COc3ccccc3O2)cc1. The van der Waals surface area contributed by atoms with Gasteiger partial charge in [-0.2, -0.15) is 0 Å². The summed E-state index contributed by atoms with van der Waals surface area (Å²) in [5.74, 6) is 0.964. The summed E-state index contributed by atoms with van der Waals surface area (Å²) in [6, 6.07) is 13.1. The minimum atomic E-state index is -3.56. The summed E-state index contributed by atoms with van der Waals surface area (Å²) < 4.78 is 38.1. The van der Waals surface area contributed by atoms with Crippen LogP contribution in [0.4, 0.5) is 5.69 Å². The lowest BCUT2D eigenvalue weighted by molar-refractivity contribution is -0.125. The Hall–Kier alpha value is -2.58. The molecule has 0 spiro atoms. The number of hydrogen-bond acceptors (Lipinski definition) is 5. The number of hydrogen-bond donors (Lipinski definition) is 2. The third-order valence-corrected chi connectivity index (χ3v) is 5.35. The minimum absolute atomic E-state index is 0.106. The molecule has 144 valence electrons. The van der Waals surface area contributed by atoms with Gasteiger partial charge in [0.2, 0.25) is 16.1 Å². The van der Waals surface area contributed by atoms with E-state index < -0.39 is 16.1 Å². The fourth-order valence-corrected chi connectivity index (χ4v) is 3.66. The van der Waals surface area contributed by atoms with Crippen molar-refractivity contribution in [3.63, 3.8) is 0 Å². The van der Waals surface area contributed by atoms with E-state index in [0.717, 1.165) is 0 Å². The molecule has 2 N–H and O–H groups in total. The van der Waals surface area contributed by atoms with Crippen LogP contribution in [0.15, 0.2) is 53.4 Å². The Morgan fingerprint density at radius 2 is 1.78 bits per heavy atom. The molecule has 0 saturated carbocycles. The van der Waals surface area contributed by atoms with Gasteiger partial charge in [0.05, 0.1) is 4.90 Å². The molecule has 0 aliphatic carbocycles. The van der Waals surface area contributed by atoms with Gasteiger partial charge < -0.3 is 14.8 Å². The minimum Gasteiger partial charge on any atom is -0.485 e. The highest BCUT2D eigenvalue weighted by Gasteiger charge is 2.27. The van der Waals surface area contributed by atoms with Crippen LogP contribution < -0.4 is 19.5 Å². The maximum absolute atomic E-state index is 12.4. The first kappa shape index (κ1) is 19.2. The fraction of sp³-hybridized carbons (Fsp3) is 0.316. The molecule has 7 nitrogen and oxygen atoms in total. The first-order chi connectivity index (χ1) is 12.8. The van der Waals surface area contributed by atoms with E-state index in [4.69, 9.17) is 9.47 Å². The Balaban J connectivity index is 1.62. The number of fused-ring (bicyclic) bond motifs is 1. The van der Waals surface area contributed by atoms with Gasteiger partial charge >= 0.3 is 0 Å². The monoisotopic (exact) mass is 390 g/mol. The molecule has 27 heavy (non-hydrogen) atoms. The van der Waals surface area contributed by atoms with Gasteiger partial charge in [0, 0.05) is 12.2 Å². The van der Waals surface area contributed by atoms with E-state index in [2.05, 4.69) is 10.0 Å². The van der Waals surface area contributed by atoms with Crippen molar-refractivity contribution >= 4 is 21.6 Å². The summed E-state index contributed by atoms with van der Waals surface area (Å²) in [4.78, 5) is 12.5. The molecular weight excluding hydrogens is 368 g/mol. The normalized spacial score (nSPS) is 16.2. The van der Waals surface area contributed by atoms with Crippen LogP contribution in [-0.4, -0.2) is 33.6 Å². The number of carbonyl (C=O) groups excluding carboxylic acids is 1. The Bertz CT molecular complexity index is 910. The zero-order valence-electron chi connectivity index (χ0n) is 15.1. The highest BCUT2D eigenvalue weighted by molar-refractivity contribution is 7.89. The van der Waals surface area contributed by atoms with Crippen molar-refractivity contribution in [3.05, 3.63) is 48.5 Å². The largest absolute Gasteiger partial charge is 0.485 e. The van der Waals surface area contributed by atoms with Crippen molar-refractivity contribution in [1.29, 1.82) is 0 Å². The molecule has 1 amide bonds. The topological polar surface area (TPSA) is 93.7 Å². The van der Waals surface area contributed by atoms with Crippen molar-refractivity contribution in [2.75, 3.05) is 18.5 Å². The van der Waals surface area contributed by atoms with Gasteiger partial charge in [-0.15, -0.1) is 0 Å². The van der Waals surface area contributed by atoms with E-state index >= 15 is 0 Å². The number of nitrogens with one attached hydrogen (secondary N) is 2. The summed E-state index contributed by atoms with van der Waals surface area (Å²) in [6.45, 7) is 4.32. The molecule has 8 heteroatoms. The van der Waals surface area contributed by atoms with Gasteiger partial charge in [-0.1, -0.05) is 26.0 Å². The number of rotatable bonds is 6. The zero-order valence-corrected chi connectivity index (χ0v) is 16.0. The first-order valence-corrected chi connectivity index (χ1v) is 10.1. The molecule has 3 rings (SSSR count). The van der Waals surface area contributed by atoms with E-state index in [1.807, 2.05) is 19.9 Å². The van der Waals surface area contributed by atoms with Crippen LogP contribution in [0.1, 0.15) is 13.8 Å². The maximum Gasteiger partial charge on any atom is 0.269 e. The average Bonchev–Trinajstić information content (AvgIpc) is 2.66. The summed E-state index contributed by atoms with van der Waals surface area (Å²) in [7, 11) is -3.56. The van der Waals surface area contributed by atoms with Crippen molar-refractivity contribution in [2.45, 2.75) is 24.8 Å². The van der Waals surface area contributed by atoms with E-state index in [1.54, 1.807) is 30.3 Å². The predicted octanol–water partition coefficient (Wildman–Crippen LogP) is 2.40. The molecular formula is C19H22N2O5S. The van der Waals surface area contributed by atoms with Crippen LogP contribution in [0.2, 0.25) is 0 Å². The second-order valence-corrected chi connectivity index (χ2v) is 8.39. The molecule has 0 bridgehead atoms. The third-order valence-electron chi connectivity index (χ3n) is 3.91. The number of sulfonamides is 1. The second kappa shape index (κ2) is 7.98. The highest BCUT2D eigenvalue weighted by Crippen LogP contribution is 2.31. The molecule has 2 aromatic carbocycles. The summed E-state index contributed by atoms with van der Waals surface area (Å²) in [5, 5.41) is 2.71. The quantitative estimate of drug-likeness (QED) is 0.790. The van der Waals surface area contributed by atoms with Crippen molar-refractivity contribution in [1.82, 2.24) is 4.72 Å². The molecule has 0 radical (unpaired) electrons. The van der Waals surface area contributed by atoms with E-state index in [0.29, 0.717) is 23.7 Å². The summed E-state index contributed by atoms with van der Waals surface area (Å²) in [6.07, 6.45) is -0.781. The van der Waals surface area contributed by atoms with E-state index in [9.17, 15) is 13.2 Å². The fourth-order valence-electron chi connectivity index (χ4n) is 2.45. The van der Waals surface area contributed by atoms with Gasteiger partial charge in [-0.05, 0) is 42.3 Å². The Kier molecular flexibility index (Phi) is 5.67. The Labute approximate surface area is 158 Å². The molecule has 1 aliphatic rings. The van der Waals surface area contributed by atoms with Crippen molar-refractivity contribution in [3.8, 4) is 11.5 Å².